The van der Waals surface area contributed by atoms with Crippen LogP contribution in [0, 0.1) is 28.9 Å². The molecule has 1 saturated carbocycles. The van der Waals surface area contributed by atoms with Gasteiger partial charge in [-0.05, 0) is 23.5 Å². The highest BCUT2D eigenvalue weighted by molar-refractivity contribution is 6.02. The molecule has 2 aliphatic rings. The first-order valence-corrected chi connectivity index (χ1v) is 6.28. The van der Waals surface area contributed by atoms with Gasteiger partial charge in [0.2, 0.25) is 5.91 Å². The van der Waals surface area contributed by atoms with Crippen LogP contribution in [-0.4, -0.2) is 23.7 Å². The Morgan fingerprint density at radius 2 is 2.00 bits per heavy atom. The first-order chi connectivity index (χ1) is 8.89. The molecule has 19 heavy (non-hydrogen) atoms. The average molecular weight is 267 g/mol. The summed E-state index contributed by atoms with van der Waals surface area (Å²) in [4.78, 5) is 13.7. The zero-order valence-corrected chi connectivity index (χ0v) is 10.7. The van der Waals surface area contributed by atoms with E-state index in [-0.39, 0.29) is 35.8 Å². The van der Waals surface area contributed by atoms with E-state index in [0.717, 1.165) is 12.1 Å². The number of hydrogen-bond donors (Lipinski definition) is 1. The summed E-state index contributed by atoms with van der Waals surface area (Å²) in [6, 6.07) is 3.03. The number of carbonyl (C=O) groups is 1. The number of piperidine rings is 1. The third-order valence-electron chi connectivity index (χ3n) is 4.53. The number of amides is 1. The zero-order chi connectivity index (χ0) is 13.9. The number of fused-ring (bicyclic) bond motifs is 1. The van der Waals surface area contributed by atoms with Crippen molar-refractivity contribution in [1.82, 2.24) is 0 Å². The predicted octanol–water partition coefficient (Wildman–Crippen LogP) is 1.94. The molecule has 102 valence electrons. The second kappa shape index (κ2) is 3.76. The Labute approximate surface area is 109 Å². The third kappa shape index (κ3) is 1.54. The average Bonchev–Trinajstić information content (AvgIpc) is 2.76. The van der Waals surface area contributed by atoms with Crippen LogP contribution in [0.15, 0.2) is 18.2 Å². The molecule has 3 rings (SSSR count). The number of benzene rings is 1. The Hall–Kier alpha value is -1.49. The second-order valence-electron chi connectivity index (χ2n) is 5.88. The van der Waals surface area contributed by atoms with Crippen molar-refractivity contribution < 1.29 is 18.7 Å². The van der Waals surface area contributed by atoms with E-state index in [0.29, 0.717) is 5.69 Å². The number of carbonyl (C=O) groups excluding carboxylic acids is 1. The van der Waals surface area contributed by atoms with Crippen molar-refractivity contribution in [1.29, 1.82) is 0 Å². The molecule has 0 spiro atoms. The van der Waals surface area contributed by atoms with Crippen molar-refractivity contribution >= 4 is 11.6 Å². The predicted molar refractivity (Wildman–Crippen MR) is 65.5 cm³/mol. The summed E-state index contributed by atoms with van der Waals surface area (Å²) in [6.07, 6.45) is 0. The lowest BCUT2D eigenvalue weighted by Gasteiger charge is -2.29. The zero-order valence-electron chi connectivity index (χ0n) is 10.7. The van der Waals surface area contributed by atoms with Gasteiger partial charge in [-0.3, -0.25) is 4.79 Å². The summed E-state index contributed by atoms with van der Waals surface area (Å²) in [6.45, 7) is 3.81. The monoisotopic (exact) mass is 267 g/mol. The molecule has 3 atom stereocenters. The molecule has 1 amide bonds. The molecule has 3 nitrogen and oxygen atoms in total. The van der Waals surface area contributed by atoms with E-state index in [1.165, 1.54) is 11.0 Å². The Kier molecular flexibility index (Phi) is 2.48. The SMILES string of the molecule is CC1(C)C2[C@@H](CO)N(c3ccc(F)c(F)c3)C(=O)[C@@H]21. The maximum absolute atomic E-state index is 13.3. The molecule has 1 aliphatic carbocycles. The van der Waals surface area contributed by atoms with Gasteiger partial charge in [0.25, 0.3) is 0 Å². The maximum atomic E-state index is 13.3. The van der Waals surface area contributed by atoms with E-state index in [9.17, 15) is 18.7 Å². The number of aliphatic hydroxyl groups excluding tert-OH is 1. The molecule has 1 aromatic carbocycles. The van der Waals surface area contributed by atoms with E-state index >= 15 is 0 Å². The van der Waals surface area contributed by atoms with Crippen LogP contribution in [0.3, 0.4) is 0 Å². The quantitative estimate of drug-likeness (QED) is 0.889. The second-order valence-corrected chi connectivity index (χ2v) is 5.88. The van der Waals surface area contributed by atoms with Gasteiger partial charge < -0.3 is 10.0 Å². The molecule has 1 aliphatic heterocycles. The Morgan fingerprint density at radius 3 is 2.58 bits per heavy atom. The third-order valence-corrected chi connectivity index (χ3v) is 4.53. The van der Waals surface area contributed by atoms with Crippen molar-refractivity contribution in [3.8, 4) is 0 Å². The van der Waals surface area contributed by atoms with Crippen LogP contribution in [0.4, 0.5) is 14.5 Å². The summed E-state index contributed by atoms with van der Waals surface area (Å²) in [5.41, 5.74) is 0.200. The van der Waals surface area contributed by atoms with E-state index in [2.05, 4.69) is 0 Å². The number of rotatable bonds is 2. The highest BCUT2D eigenvalue weighted by Gasteiger charge is 2.71. The van der Waals surface area contributed by atoms with Gasteiger partial charge in [-0.1, -0.05) is 13.8 Å². The van der Waals surface area contributed by atoms with E-state index in [4.69, 9.17) is 0 Å². The van der Waals surface area contributed by atoms with E-state index in [1.54, 1.807) is 0 Å². The van der Waals surface area contributed by atoms with Crippen molar-refractivity contribution in [3.05, 3.63) is 29.8 Å². The molecule has 2 fully saturated rings. The van der Waals surface area contributed by atoms with Crippen molar-refractivity contribution in [3.63, 3.8) is 0 Å². The van der Waals surface area contributed by atoms with Crippen molar-refractivity contribution in [2.75, 3.05) is 11.5 Å². The molecule has 1 N–H and O–H groups in total. The van der Waals surface area contributed by atoms with Crippen LogP contribution in [0.5, 0.6) is 0 Å². The van der Waals surface area contributed by atoms with Crippen molar-refractivity contribution in [2.24, 2.45) is 17.3 Å². The molecule has 1 saturated heterocycles. The van der Waals surface area contributed by atoms with Crippen LogP contribution >= 0.6 is 0 Å². The molecular weight excluding hydrogens is 252 g/mol. The fourth-order valence-corrected chi connectivity index (χ4v) is 3.49. The van der Waals surface area contributed by atoms with Gasteiger partial charge in [0.1, 0.15) is 0 Å². The fourth-order valence-electron chi connectivity index (χ4n) is 3.49. The van der Waals surface area contributed by atoms with Crippen LogP contribution in [0.2, 0.25) is 0 Å². The topological polar surface area (TPSA) is 40.5 Å². The fraction of sp³-hybridized carbons (Fsp3) is 0.500. The van der Waals surface area contributed by atoms with E-state index in [1.807, 2.05) is 13.8 Å². The van der Waals surface area contributed by atoms with Gasteiger partial charge >= 0.3 is 0 Å². The lowest BCUT2D eigenvalue weighted by atomic mass is 10.0. The Morgan fingerprint density at radius 1 is 1.32 bits per heavy atom. The molecule has 5 heteroatoms. The lowest BCUT2D eigenvalue weighted by Crippen LogP contribution is -2.42. The Balaban J connectivity index is 1.97. The largest absolute Gasteiger partial charge is 0.394 e. The Bertz CT molecular complexity index is 558. The number of halogens is 2. The van der Waals surface area contributed by atoms with Crippen LogP contribution in [-0.2, 0) is 4.79 Å². The molecule has 1 unspecified atom stereocenters. The standard InChI is InChI=1S/C14H15F2NO2/c1-14(2)11-10(6-18)17(13(19)12(11)14)7-3-4-8(15)9(16)5-7/h3-5,10-12,18H,6H2,1-2H3/t10-,11?,12-/m1/s1. The summed E-state index contributed by atoms with van der Waals surface area (Å²) in [5, 5.41) is 9.51. The molecule has 0 radical (unpaired) electrons. The highest BCUT2D eigenvalue weighted by atomic mass is 19.2. The van der Waals surface area contributed by atoms with Crippen LogP contribution in [0.1, 0.15) is 13.8 Å². The summed E-state index contributed by atoms with van der Waals surface area (Å²) < 4.78 is 26.2. The summed E-state index contributed by atoms with van der Waals surface area (Å²) >= 11 is 0. The first kappa shape index (κ1) is 12.5. The summed E-state index contributed by atoms with van der Waals surface area (Å²) in [7, 11) is 0. The number of nitrogens with zero attached hydrogens (tertiary/aromatic N) is 1. The normalized spacial score (nSPS) is 31.5. The van der Waals surface area contributed by atoms with Crippen LogP contribution in [0.25, 0.3) is 0 Å². The van der Waals surface area contributed by atoms with Gasteiger partial charge in [-0.2, -0.15) is 0 Å². The number of aliphatic hydroxyl groups is 1. The number of hydrogen-bond acceptors (Lipinski definition) is 2. The van der Waals surface area contributed by atoms with Gasteiger partial charge in [0.15, 0.2) is 11.6 Å². The molecular formula is C14H15F2NO2. The minimum absolute atomic E-state index is 0.0816. The van der Waals surface area contributed by atoms with Gasteiger partial charge in [0, 0.05) is 17.7 Å². The molecule has 1 heterocycles. The van der Waals surface area contributed by atoms with Gasteiger partial charge in [-0.15, -0.1) is 0 Å². The number of anilines is 1. The summed E-state index contributed by atoms with van der Waals surface area (Å²) in [5.74, 6) is -2.08. The molecule has 0 bridgehead atoms. The van der Waals surface area contributed by atoms with Crippen LogP contribution < -0.4 is 4.90 Å². The molecule has 1 aromatic rings. The van der Waals surface area contributed by atoms with E-state index < -0.39 is 11.6 Å². The molecule has 0 aromatic heterocycles. The minimum Gasteiger partial charge on any atom is -0.394 e. The first-order valence-electron chi connectivity index (χ1n) is 6.28. The smallest absolute Gasteiger partial charge is 0.231 e. The maximum Gasteiger partial charge on any atom is 0.231 e. The lowest BCUT2D eigenvalue weighted by molar-refractivity contribution is -0.119. The van der Waals surface area contributed by atoms with Crippen molar-refractivity contribution in [2.45, 2.75) is 19.9 Å². The van der Waals surface area contributed by atoms with Gasteiger partial charge in [-0.25, -0.2) is 8.78 Å². The minimum atomic E-state index is -0.984. The van der Waals surface area contributed by atoms with Gasteiger partial charge in [0.05, 0.1) is 12.6 Å². The highest BCUT2D eigenvalue weighted by Crippen LogP contribution is 2.65.